The van der Waals surface area contributed by atoms with Crippen molar-refractivity contribution in [2.75, 3.05) is 19.6 Å². The molecule has 0 unspecified atom stereocenters. The van der Waals surface area contributed by atoms with E-state index in [1.54, 1.807) is 0 Å². The summed E-state index contributed by atoms with van der Waals surface area (Å²) < 4.78 is 0. The van der Waals surface area contributed by atoms with Crippen molar-refractivity contribution >= 4 is 17.8 Å². The lowest BCUT2D eigenvalue weighted by Crippen LogP contribution is -2.40. The molecule has 0 saturated carbocycles. The van der Waals surface area contributed by atoms with E-state index in [0.717, 1.165) is 45.4 Å². The van der Waals surface area contributed by atoms with Gasteiger partial charge in [0.2, 0.25) is 5.91 Å². The highest BCUT2D eigenvalue weighted by Gasteiger charge is 2.24. The first-order chi connectivity index (χ1) is 14.5. The third-order valence-corrected chi connectivity index (χ3v) is 4.95. The minimum absolute atomic E-state index is 0.174. The van der Waals surface area contributed by atoms with Gasteiger partial charge in [-0.1, -0.05) is 60.7 Å². The number of aliphatic carboxylic acids is 2. The fraction of sp³-hybridized carbons (Fsp3) is 0.348. The molecule has 1 aliphatic heterocycles. The summed E-state index contributed by atoms with van der Waals surface area (Å²) in [5.41, 5.74) is 2.62. The molecule has 0 spiro atoms. The first-order valence-electron chi connectivity index (χ1n) is 10.00. The molecule has 3 N–H and O–H groups in total. The number of piperidine rings is 1. The highest BCUT2D eigenvalue weighted by molar-refractivity contribution is 6.27. The summed E-state index contributed by atoms with van der Waals surface area (Å²) >= 11 is 0. The predicted molar refractivity (Wildman–Crippen MR) is 113 cm³/mol. The lowest BCUT2D eigenvalue weighted by Gasteiger charge is -2.31. The number of rotatable bonds is 6. The maximum atomic E-state index is 12.3. The van der Waals surface area contributed by atoms with Gasteiger partial charge < -0.3 is 15.5 Å². The average Bonchev–Trinajstić information content (AvgIpc) is 2.76. The van der Waals surface area contributed by atoms with E-state index in [2.05, 4.69) is 52.7 Å². The summed E-state index contributed by atoms with van der Waals surface area (Å²) in [6.45, 7) is 3.73. The van der Waals surface area contributed by atoms with Crippen LogP contribution in [0.2, 0.25) is 0 Å². The lowest BCUT2D eigenvalue weighted by atomic mass is 9.95. The van der Waals surface area contributed by atoms with E-state index in [0.29, 0.717) is 0 Å². The Hall–Kier alpha value is -3.19. The number of carbonyl (C=O) groups is 3. The van der Waals surface area contributed by atoms with Crippen molar-refractivity contribution in [3.8, 4) is 0 Å². The van der Waals surface area contributed by atoms with Gasteiger partial charge in [-0.15, -0.1) is 0 Å². The molecule has 2 aromatic rings. The van der Waals surface area contributed by atoms with E-state index < -0.39 is 11.9 Å². The minimum Gasteiger partial charge on any atom is -0.473 e. The average molecular weight is 412 g/mol. The standard InChI is InChI=1S/C21H26N2O.C2H2O4/c24-21(22-14-11-18-7-3-1-4-8-18)20-12-15-23(16-13-20)17-19-9-5-2-6-10-19;3-1(4)2(5)6/h1-10,20H,11-17H2,(H,22,24);(H,3,4)(H,5,6). The first kappa shape index (κ1) is 23.1. The van der Waals surface area contributed by atoms with Crippen LogP contribution in [-0.2, 0) is 27.3 Å². The van der Waals surface area contributed by atoms with Crippen molar-refractivity contribution < 1.29 is 24.6 Å². The third-order valence-electron chi connectivity index (χ3n) is 4.95. The number of carbonyl (C=O) groups excluding carboxylic acids is 1. The molecule has 1 heterocycles. The number of hydrogen-bond donors (Lipinski definition) is 3. The molecular weight excluding hydrogens is 384 g/mol. The molecule has 1 saturated heterocycles. The third kappa shape index (κ3) is 8.45. The molecule has 30 heavy (non-hydrogen) atoms. The van der Waals surface area contributed by atoms with Crippen LogP contribution in [-0.4, -0.2) is 52.6 Å². The van der Waals surface area contributed by atoms with Crippen LogP contribution in [0, 0.1) is 5.92 Å². The van der Waals surface area contributed by atoms with Crippen LogP contribution in [0.4, 0.5) is 0 Å². The Bertz CT molecular complexity index is 791. The highest BCUT2D eigenvalue weighted by Crippen LogP contribution is 2.19. The van der Waals surface area contributed by atoms with Crippen molar-refractivity contribution in [3.63, 3.8) is 0 Å². The Kier molecular flexibility index (Phi) is 9.54. The number of likely N-dealkylation sites (tertiary alicyclic amines) is 1. The summed E-state index contributed by atoms with van der Waals surface area (Å²) in [5.74, 6) is -3.25. The second-order valence-electron chi connectivity index (χ2n) is 7.17. The molecule has 0 bridgehead atoms. The molecule has 0 radical (unpaired) electrons. The van der Waals surface area contributed by atoms with Gasteiger partial charge in [0.05, 0.1) is 0 Å². The SMILES string of the molecule is O=C(NCCc1ccccc1)C1CCN(Cc2ccccc2)CC1.O=C(O)C(=O)O. The molecule has 1 amide bonds. The van der Waals surface area contributed by atoms with Gasteiger partial charge in [-0.3, -0.25) is 9.69 Å². The molecule has 7 heteroatoms. The number of benzene rings is 2. The zero-order chi connectivity index (χ0) is 21.8. The van der Waals surface area contributed by atoms with Crippen LogP contribution in [0.3, 0.4) is 0 Å². The smallest absolute Gasteiger partial charge is 0.414 e. The fourth-order valence-corrected chi connectivity index (χ4v) is 3.31. The second-order valence-corrected chi connectivity index (χ2v) is 7.17. The van der Waals surface area contributed by atoms with Gasteiger partial charge in [-0.2, -0.15) is 0 Å². The van der Waals surface area contributed by atoms with Crippen molar-refractivity contribution in [1.82, 2.24) is 10.2 Å². The summed E-state index contributed by atoms with van der Waals surface area (Å²) in [5, 5.41) is 17.9. The van der Waals surface area contributed by atoms with Crippen molar-refractivity contribution in [3.05, 3.63) is 71.8 Å². The van der Waals surface area contributed by atoms with Gasteiger partial charge in [-0.25, -0.2) is 9.59 Å². The second kappa shape index (κ2) is 12.4. The van der Waals surface area contributed by atoms with Gasteiger partial charge in [0.15, 0.2) is 0 Å². The van der Waals surface area contributed by atoms with E-state index in [1.165, 1.54) is 11.1 Å². The highest BCUT2D eigenvalue weighted by atomic mass is 16.4. The van der Waals surface area contributed by atoms with Crippen molar-refractivity contribution in [2.45, 2.75) is 25.8 Å². The molecular formula is C23H28N2O5. The molecule has 1 fully saturated rings. The van der Waals surface area contributed by atoms with E-state index >= 15 is 0 Å². The van der Waals surface area contributed by atoms with E-state index in [-0.39, 0.29) is 11.8 Å². The summed E-state index contributed by atoms with van der Waals surface area (Å²) in [6, 6.07) is 20.9. The topological polar surface area (TPSA) is 107 Å². The number of hydrogen-bond acceptors (Lipinski definition) is 4. The maximum Gasteiger partial charge on any atom is 0.414 e. The molecule has 1 aliphatic rings. The van der Waals surface area contributed by atoms with Crippen LogP contribution in [0.5, 0.6) is 0 Å². The van der Waals surface area contributed by atoms with Crippen LogP contribution in [0.25, 0.3) is 0 Å². The van der Waals surface area contributed by atoms with Crippen molar-refractivity contribution in [2.24, 2.45) is 5.92 Å². The quantitative estimate of drug-likeness (QED) is 0.629. The summed E-state index contributed by atoms with van der Waals surface area (Å²) in [6.07, 6.45) is 2.83. The zero-order valence-electron chi connectivity index (χ0n) is 16.9. The molecule has 2 aromatic carbocycles. The Balaban J connectivity index is 0.000000469. The maximum absolute atomic E-state index is 12.3. The number of amides is 1. The Morgan fingerprint density at radius 1 is 0.833 bits per heavy atom. The van der Waals surface area contributed by atoms with Gasteiger partial charge in [0, 0.05) is 19.0 Å². The van der Waals surface area contributed by atoms with Crippen LogP contribution in [0.15, 0.2) is 60.7 Å². The predicted octanol–water partition coefficient (Wildman–Crippen LogP) is 2.41. The van der Waals surface area contributed by atoms with E-state index in [9.17, 15) is 4.79 Å². The van der Waals surface area contributed by atoms with Crippen LogP contribution < -0.4 is 5.32 Å². The molecule has 0 aromatic heterocycles. The minimum atomic E-state index is -1.82. The van der Waals surface area contributed by atoms with Gasteiger partial charge in [0.1, 0.15) is 0 Å². The molecule has 0 aliphatic carbocycles. The van der Waals surface area contributed by atoms with Gasteiger partial charge in [0.25, 0.3) is 0 Å². The van der Waals surface area contributed by atoms with Gasteiger partial charge in [-0.05, 0) is 43.5 Å². The number of carboxylic acids is 2. The largest absolute Gasteiger partial charge is 0.473 e. The van der Waals surface area contributed by atoms with E-state index in [4.69, 9.17) is 19.8 Å². The van der Waals surface area contributed by atoms with Crippen molar-refractivity contribution in [1.29, 1.82) is 0 Å². The Labute approximate surface area is 176 Å². The summed E-state index contributed by atoms with van der Waals surface area (Å²) in [4.78, 5) is 33.0. The number of nitrogens with one attached hydrogen (secondary N) is 1. The lowest BCUT2D eigenvalue weighted by molar-refractivity contribution is -0.159. The Morgan fingerprint density at radius 2 is 1.33 bits per heavy atom. The first-order valence-corrected chi connectivity index (χ1v) is 10.00. The number of nitrogens with zero attached hydrogens (tertiary/aromatic N) is 1. The molecule has 0 atom stereocenters. The fourth-order valence-electron chi connectivity index (χ4n) is 3.31. The number of carboxylic acid groups (broad SMARTS) is 2. The van der Waals surface area contributed by atoms with Crippen LogP contribution in [0.1, 0.15) is 24.0 Å². The summed E-state index contributed by atoms with van der Waals surface area (Å²) in [7, 11) is 0. The van der Waals surface area contributed by atoms with Gasteiger partial charge >= 0.3 is 11.9 Å². The molecule has 3 rings (SSSR count). The monoisotopic (exact) mass is 412 g/mol. The normalized spacial score (nSPS) is 14.3. The molecule has 7 nitrogen and oxygen atoms in total. The van der Waals surface area contributed by atoms with E-state index in [1.807, 2.05) is 18.2 Å². The molecule has 160 valence electrons. The zero-order valence-corrected chi connectivity index (χ0v) is 16.9. The Morgan fingerprint density at radius 3 is 1.83 bits per heavy atom. The van der Waals surface area contributed by atoms with Crippen LogP contribution >= 0.6 is 0 Å².